The number of anilines is 1. The first kappa shape index (κ1) is 18.5. The van der Waals surface area contributed by atoms with Crippen LogP contribution < -0.4 is 10.5 Å². The van der Waals surface area contributed by atoms with Crippen LogP contribution in [0.15, 0.2) is 71.5 Å². The van der Waals surface area contributed by atoms with E-state index >= 15 is 0 Å². The van der Waals surface area contributed by atoms with Gasteiger partial charge in [0, 0.05) is 24.4 Å². The fourth-order valence-corrected chi connectivity index (χ4v) is 2.86. The van der Waals surface area contributed by atoms with Crippen molar-refractivity contribution in [2.75, 3.05) is 11.9 Å². The fraction of sp³-hybridized carbons (Fsp3) is 0.190. The van der Waals surface area contributed by atoms with Crippen molar-refractivity contribution in [3.63, 3.8) is 0 Å². The highest BCUT2D eigenvalue weighted by Crippen LogP contribution is 2.22. The number of carbonyl (C=O) groups excluding carboxylic acids is 1. The molecule has 0 fully saturated rings. The Morgan fingerprint density at radius 2 is 1.63 bits per heavy atom. The van der Waals surface area contributed by atoms with Crippen LogP contribution >= 0.6 is 0 Å². The number of hydrogen-bond acceptors (Lipinski definition) is 3. The highest BCUT2D eigenvalue weighted by atomic mass is 19.1. The van der Waals surface area contributed by atoms with Crippen molar-refractivity contribution in [2.24, 2.45) is 0 Å². The first-order valence-corrected chi connectivity index (χ1v) is 8.51. The van der Waals surface area contributed by atoms with Gasteiger partial charge in [-0.15, -0.1) is 0 Å². The zero-order valence-corrected chi connectivity index (χ0v) is 15.4. The quantitative estimate of drug-likeness (QED) is 0.712. The number of likely N-dealkylation sites (N-methyl/N-ethyl adjacent to an activating group) is 1. The normalized spacial score (nSPS) is 11.3. The van der Waals surface area contributed by atoms with Gasteiger partial charge in [0.2, 0.25) is 0 Å². The Labute approximate surface area is 156 Å². The number of benzene rings is 2. The summed E-state index contributed by atoms with van der Waals surface area (Å²) in [7, 11) is 1.66. The lowest BCUT2D eigenvalue weighted by Gasteiger charge is -2.30. The molecular formula is C21H20FN3O2. The van der Waals surface area contributed by atoms with Crippen LogP contribution in [-0.4, -0.2) is 22.7 Å². The number of aromatic nitrogens is 2. The summed E-state index contributed by atoms with van der Waals surface area (Å²) in [5.74, 6) is -0.633. The van der Waals surface area contributed by atoms with Crippen molar-refractivity contribution in [3.8, 4) is 11.3 Å². The number of halogens is 1. The Morgan fingerprint density at radius 1 is 1.00 bits per heavy atom. The molecular weight excluding hydrogens is 345 g/mol. The predicted octanol–water partition coefficient (Wildman–Crippen LogP) is 3.45. The molecule has 0 spiro atoms. The topological polar surface area (TPSA) is 55.2 Å². The van der Waals surface area contributed by atoms with E-state index in [4.69, 9.17) is 0 Å². The van der Waals surface area contributed by atoms with Crippen LogP contribution in [0.5, 0.6) is 0 Å². The van der Waals surface area contributed by atoms with Crippen LogP contribution in [0.25, 0.3) is 11.3 Å². The highest BCUT2D eigenvalue weighted by molar-refractivity contribution is 5.97. The van der Waals surface area contributed by atoms with Gasteiger partial charge in [-0.25, -0.2) is 9.07 Å². The molecule has 0 aliphatic carbocycles. The minimum atomic E-state index is -1.21. The lowest BCUT2D eigenvalue weighted by atomic mass is 10.0. The SMILES string of the molecule is CN(C(=O)C(C)(C)n1nc(-c2ccc(F)cc2)ccc1=O)c1ccccc1. The molecule has 6 heteroatoms. The van der Waals surface area contributed by atoms with Crippen LogP contribution in [0.1, 0.15) is 13.8 Å². The molecule has 0 saturated heterocycles. The van der Waals surface area contributed by atoms with Gasteiger partial charge in [-0.3, -0.25) is 9.59 Å². The number of carbonyl (C=O) groups is 1. The summed E-state index contributed by atoms with van der Waals surface area (Å²) in [6.07, 6.45) is 0. The minimum Gasteiger partial charge on any atom is -0.313 e. The second-order valence-electron chi connectivity index (χ2n) is 6.73. The van der Waals surface area contributed by atoms with Crippen LogP contribution in [-0.2, 0) is 10.3 Å². The van der Waals surface area contributed by atoms with E-state index in [1.165, 1.54) is 27.8 Å². The third-order valence-electron chi connectivity index (χ3n) is 4.44. The van der Waals surface area contributed by atoms with E-state index in [0.717, 1.165) is 5.69 Å². The Morgan fingerprint density at radius 3 is 2.26 bits per heavy atom. The van der Waals surface area contributed by atoms with Gasteiger partial charge in [0.15, 0.2) is 0 Å². The predicted molar refractivity (Wildman–Crippen MR) is 103 cm³/mol. The molecule has 3 rings (SSSR count). The summed E-state index contributed by atoms with van der Waals surface area (Å²) in [6, 6.07) is 17.9. The molecule has 0 bridgehead atoms. The number of para-hydroxylation sites is 1. The Balaban J connectivity index is 2.00. The van der Waals surface area contributed by atoms with Gasteiger partial charge in [-0.1, -0.05) is 18.2 Å². The molecule has 2 aromatic carbocycles. The molecule has 3 aromatic rings. The average molecular weight is 365 g/mol. The molecule has 0 unspecified atom stereocenters. The molecule has 0 aliphatic heterocycles. The van der Waals surface area contributed by atoms with Crippen LogP contribution in [0.2, 0.25) is 0 Å². The molecule has 0 radical (unpaired) electrons. The fourth-order valence-electron chi connectivity index (χ4n) is 2.86. The molecule has 0 aliphatic rings. The standard InChI is InChI=1S/C21H20FN3O2/c1-21(2,20(27)24(3)17-7-5-4-6-8-17)25-19(26)14-13-18(23-25)15-9-11-16(22)12-10-15/h4-14H,1-3H3. The van der Waals surface area contributed by atoms with E-state index in [-0.39, 0.29) is 17.3 Å². The summed E-state index contributed by atoms with van der Waals surface area (Å²) in [5, 5.41) is 4.38. The molecule has 1 amide bonds. The van der Waals surface area contributed by atoms with E-state index in [9.17, 15) is 14.0 Å². The van der Waals surface area contributed by atoms with Crippen molar-refractivity contribution in [1.29, 1.82) is 0 Å². The second kappa shape index (κ2) is 7.15. The van der Waals surface area contributed by atoms with E-state index in [0.29, 0.717) is 11.3 Å². The van der Waals surface area contributed by atoms with Crippen molar-refractivity contribution >= 4 is 11.6 Å². The maximum atomic E-state index is 13.2. The van der Waals surface area contributed by atoms with Gasteiger partial charge >= 0.3 is 0 Å². The summed E-state index contributed by atoms with van der Waals surface area (Å²) in [5.41, 5.74) is 0.263. The molecule has 0 atom stereocenters. The van der Waals surface area contributed by atoms with Gasteiger partial charge in [-0.05, 0) is 56.3 Å². The molecule has 5 nitrogen and oxygen atoms in total. The third kappa shape index (κ3) is 3.65. The Hall–Kier alpha value is -3.28. The second-order valence-corrected chi connectivity index (χ2v) is 6.73. The van der Waals surface area contributed by atoms with Crippen molar-refractivity contribution in [1.82, 2.24) is 9.78 Å². The van der Waals surface area contributed by atoms with Gasteiger partial charge in [0.1, 0.15) is 11.4 Å². The monoisotopic (exact) mass is 365 g/mol. The molecule has 0 N–H and O–H groups in total. The van der Waals surface area contributed by atoms with E-state index in [1.807, 2.05) is 30.3 Å². The van der Waals surface area contributed by atoms with E-state index < -0.39 is 5.54 Å². The van der Waals surface area contributed by atoms with Crippen molar-refractivity contribution in [3.05, 3.63) is 82.9 Å². The lowest BCUT2D eigenvalue weighted by molar-refractivity contribution is -0.126. The molecule has 1 heterocycles. The largest absolute Gasteiger partial charge is 0.313 e. The van der Waals surface area contributed by atoms with Crippen LogP contribution in [0.4, 0.5) is 10.1 Å². The van der Waals surface area contributed by atoms with Gasteiger partial charge in [0.05, 0.1) is 5.69 Å². The summed E-state index contributed by atoms with van der Waals surface area (Å²) in [4.78, 5) is 27.0. The molecule has 1 aromatic heterocycles. The zero-order valence-electron chi connectivity index (χ0n) is 15.4. The van der Waals surface area contributed by atoms with Crippen molar-refractivity contribution in [2.45, 2.75) is 19.4 Å². The number of amides is 1. The molecule has 138 valence electrons. The smallest absolute Gasteiger partial charge is 0.267 e. The third-order valence-corrected chi connectivity index (χ3v) is 4.44. The van der Waals surface area contributed by atoms with E-state index in [1.54, 1.807) is 39.1 Å². The van der Waals surface area contributed by atoms with Crippen LogP contribution in [0.3, 0.4) is 0 Å². The Kier molecular flexibility index (Phi) is 4.90. The summed E-state index contributed by atoms with van der Waals surface area (Å²) < 4.78 is 14.3. The van der Waals surface area contributed by atoms with Gasteiger partial charge in [-0.2, -0.15) is 5.10 Å². The number of rotatable bonds is 4. The zero-order chi connectivity index (χ0) is 19.6. The number of nitrogens with zero attached hydrogens (tertiary/aromatic N) is 3. The summed E-state index contributed by atoms with van der Waals surface area (Å²) in [6.45, 7) is 3.30. The van der Waals surface area contributed by atoms with E-state index in [2.05, 4.69) is 5.10 Å². The summed E-state index contributed by atoms with van der Waals surface area (Å²) >= 11 is 0. The van der Waals surface area contributed by atoms with Gasteiger partial charge in [0.25, 0.3) is 11.5 Å². The average Bonchev–Trinajstić information content (AvgIpc) is 2.68. The molecule has 0 saturated carbocycles. The highest BCUT2D eigenvalue weighted by Gasteiger charge is 2.35. The molecule has 27 heavy (non-hydrogen) atoms. The minimum absolute atomic E-state index is 0.278. The number of hydrogen-bond donors (Lipinski definition) is 0. The maximum Gasteiger partial charge on any atom is 0.267 e. The Bertz CT molecular complexity index is 1010. The first-order chi connectivity index (χ1) is 12.8. The first-order valence-electron chi connectivity index (χ1n) is 8.51. The van der Waals surface area contributed by atoms with Crippen molar-refractivity contribution < 1.29 is 9.18 Å². The van der Waals surface area contributed by atoms with Crippen LogP contribution in [0, 0.1) is 5.82 Å². The maximum absolute atomic E-state index is 13.2. The lowest BCUT2D eigenvalue weighted by Crippen LogP contribution is -2.50. The van der Waals surface area contributed by atoms with Gasteiger partial charge < -0.3 is 4.90 Å².